The lowest BCUT2D eigenvalue weighted by molar-refractivity contribution is -0.196. The van der Waals surface area contributed by atoms with Crippen LogP contribution in [0.4, 0.5) is 0 Å². The minimum Gasteiger partial charge on any atom is -0.351 e. The molecule has 2 heteroatoms. The van der Waals surface area contributed by atoms with Gasteiger partial charge >= 0.3 is 0 Å². The van der Waals surface area contributed by atoms with Gasteiger partial charge in [0.1, 0.15) is 0 Å². The van der Waals surface area contributed by atoms with E-state index in [0.717, 1.165) is 5.92 Å². The molecule has 0 heterocycles. The van der Waals surface area contributed by atoms with Gasteiger partial charge in [0.15, 0.2) is 0 Å². The second kappa shape index (κ2) is 4.54. The molecule has 0 atom stereocenters. The van der Waals surface area contributed by atoms with E-state index in [1.165, 1.54) is 70.6 Å². The van der Waals surface area contributed by atoms with Crippen LogP contribution in [0.15, 0.2) is 0 Å². The topological polar surface area (TPSA) is 29.1 Å². The number of nitrogens with one attached hydrogen (secondary N) is 1. The molecule has 0 saturated heterocycles. The van der Waals surface area contributed by atoms with Crippen molar-refractivity contribution >= 4 is 5.91 Å². The summed E-state index contributed by atoms with van der Waals surface area (Å²) in [6.45, 7) is 1.66. The lowest BCUT2D eigenvalue weighted by atomic mass is 9.35. The molecule has 102 valence electrons. The highest BCUT2D eigenvalue weighted by Gasteiger charge is 2.70. The zero-order valence-electron chi connectivity index (χ0n) is 11.8. The van der Waals surface area contributed by atoms with Gasteiger partial charge in [-0.15, -0.1) is 0 Å². The molecule has 4 fully saturated rings. The molecule has 2 bridgehead atoms. The van der Waals surface area contributed by atoms with Crippen LogP contribution in [-0.4, -0.2) is 11.4 Å². The summed E-state index contributed by atoms with van der Waals surface area (Å²) in [7, 11) is 0. The van der Waals surface area contributed by atoms with Crippen LogP contribution in [0.25, 0.3) is 0 Å². The average molecular weight is 249 g/mol. The first-order valence-electron chi connectivity index (χ1n) is 7.93. The fourth-order valence-electron chi connectivity index (χ4n) is 5.05. The molecule has 4 saturated carbocycles. The Bertz CT molecular complexity index is 306. The number of amides is 1. The zero-order valence-corrected chi connectivity index (χ0v) is 11.8. The Balaban J connectivity index is 1.55. The number of hydrogen-bond acceptors (Lipinski definition) is 1. The van der Waals surface area contributed by atoms with E-state index in [-0.39, 0.29) is 11.4 Å². The van der Waals surface area contributed by atoms with Crippen LogP contribution in [0.1, 0.15) is 77.6 Å². The van der Waals surface area contributed by atoms with Crippen molar-refractivity contribution in [2.45, 2.75) is 83.1 Å². The van der Waals surface area contributed by atoms with Gasteiger partial charge in [0.25, 0.3) is 0 Å². The Morgan fingerprint density at radius 1 is 0.944 bits per heavy atom. The van der Waals surface area contributed by atoms with E-state index in [4.69, 9.17) is 0 Å². The largest absolute Gasteiger partial charge is 0.351 e. The summed E-state index contributed by atoms with van der Waals surface area (Å²) < 4.78 is 0. The molecule has 0 aromatic carbocycles. The summed E-state index contributed by atoms with van der Waals surface area (Å²) in [6.07, 6.45) is 15.4. The van der Waals surface area contributed by atoms with Crippen LogP contribution in [0.2, 0.25) is 0 Å². The van der Waals surface area contributed by atoms with Gasteiger partial charge < -0.3 is 5.32 Å². The molecule has 4 aliphatic rings. The van der Waals surface area contributed by atoms with Crippen molar-refractivity contribution in [2.75, 3.05) is 0 Å². The number of carbonyl (C=O) groups excluding carboxylic acids is 1. The summed E-state index contributed by atoms with van der Waals surface area (Å²) in [4.78, 5) is 11.2. The minimum absolute atomic E-state index is 0.165. The molecule has 4 rings (SSSR count). The van der Waals surface area contributed by atoms with Crippen LogP contribution in [-0.2, 0) is 4.79 Å². The number of carbonyl (C=O) groups is 1. The van der Waals surface area contributed by atoms with Gasteiger partial charge in [-0.1, -0.05) is 38.5 Å². The second-order valence-corrected chi connectivity index (χ2v) is 7.25. The first kappa shape index (κ1) is 12.5. The summed E-state index contributed by atoms with van der Waals surface area (Å²) in [5.41, 5.74) is 0.886. The fraction of sp³-hybridized carbons (Fsp3) is 0.938. The molecular formula is C16H27NO. The summed E-state index contributed by atoms with van der Waals surface area (Å²) >= 11 is 0. The first-order valence-corrected chi connectivity index (χ1v) is 7.93. The predicted octanol–water partition coefficient (Wildman–Crippen LogP) is 3.80. The molecule has 0 radical (unpaired) electrons. The lowest BCUT2D eigenvalue weighted by Crippen LogP contribution is -2.76. The molecule has 2 nitrogen and oxygen atoms in total. The van der Waals surface area contributed by atoms with E-state index in [2.05, 4.69) is 5.32 Å². The Hall–Kier alpha value is -0.530. The summed E-state index contributed by atoms with van der Waals surface area (Å²) in [5.74, 6) is 1.13. The summed E-state index contributed by atoms with van der Waals surface area (Å²) in [6, 6.07) is 0. The van der Waals surface area contributed by atoms with Crippen molar-refractivity contribution in [3.8, 4) is 0 Å². The second-order valence-electron chi connectivity index (χ2n) is 7.25. The van der Waals surface area contributed by atoms with E-state index in [0.29, 0.717) is 5.41 Å². The molecule has 4 aliphatic carbocycles. The van der Waals surface area contributed by atoms with Gasteiger partial charge in [0.2, 0.25) is 5.91 Å². The third-order valence-corrected chi connectivity index (χ3v) is 5.73. The van der Waals surface area contributed by atoms with Crippen molar-refractivity contribution in [3.05, 3.63) is 0 Å². The van der Waals surface area contributed by atoms with Crippen LogP contribution >= 0.6 is 0 Å². The summed E-state index contributed by atoms with van der Waals surface area (Å²) in [5, 5.41) is 3.19. The highest BCUT2D eigenvalue weighted by molar-refractivity contribution is 5.74. The molecule has 0 unspecified atom stereocenters. The monoisotopic (exact) mass is 249 g/mol. The van der Waals surface area contributed by atoms with E-state index >= 15 is 0 Å². The van der Waals surface area contributed by atoms with E-state index < -0.39 is 0 Å². The normalized spacial score (nSPS) is 40.7. The Labute approximate surface area is 111 Å². The van der Waals surface area contributed by atoms with Crippen LogP contribution in [0.5, 0.6) is 0 Å². The van der Waals surface area contributed by atoms with Crippen molar-refractivity contribution in [1.82, 2.24) is 5.32 Å². The first-order chi connectivity index (χ1) is 8.64. The van der Waals surface area contributed by atoms with Gasteiger partial charge in [-0.3, -0.25) is 4.79 Å². The minimum atomic E-state index is 0.165. The maximum Gasteiger partial charge on any atom is 0.217 e. The number of rotatable bonds is 2. The van der Waals surface area contributed by atoms with Gasteiger partial charge in [-0.05, 0) is 43.4 Å². The zero-order chi connectivity index (χ0) is 12.6. The molecule has 1 N–H and O–H groups in total. The van der Waals surface area contributed by atoms with Gasteiger partial charge in [-0.2, -0.15) is 0 Å². The van der Waals surface area contributed by atoms with E-state index in [1.807, 2.05) is 0 Å². The molecule has 0 spiro atoms. The third kappa shape index (κ3) is 2.08. The third-order valence-electron chi connectivity index (χ3n) is 5.73. The van der Waals surface area contributed by atoms with Crippen molar-refractivity contribution in [1.29, 1.82) is 0 Å². The average Bonchev–Trinajstić information content (AvgIpc) is 2.34. The Morgan fingerprint density at radius 3 is 1.94 bits per heavy atom. The Kier molecular flexibility index (Phi) is 3.15. The fourth-order valence-corrected chi connectivity index (χ4v) is 5.05. The molecule has 1 amide bonds. The smallest absolute Gasteiger partial charge is 0.217 e. The van der Waals surface area contributed by atoms with Gasteiger partial charge in [-0.25, -0.2) is 0 Å². The molecule has 18 heavy (non-hydrogen) atoms. The number of hydrogen-bond donors (Lipinski definition) is 1. The van der Waals surface area contributed by atoms with E-state index in [1.54, 1.807) is 6.92 Å². The van der Waals surface area contributed by atoms with Crippen LogP contribution in [0.3, 0.4) is 0 Å². The lowest BCUT2D eigenvalue weighted by Gasteiger charge is -2.73. The predicted molar refractivity (Wildman–Crippen MR) is 73.3 cm³/mol. The highest BCUT2D eigenvalue weighted by atomic mass is 16.1. The van der Waals surface area contributed by atoms with Crippen LogP contribution < -0.4 is 5.32 Å². The maximum atomic E-state index is 11.2. The van der Waals surface area contributed by atoms with Crippen molar-refractivity contribution in [3.63, 3.8) is 0 Å². The quantitative estimate of drug-likeness (QED) is 0.792. The van der Waals surface area contributed by atoms with Gasteiger partial charge in [0.05, 0.1) is 0 Å². The van der Waals surface area contributed by atoms with Gasteiger partial charge in [0, 0.05) is 12.5 Å². The van der Waals surface area contributed by atoms with Crippen molar-refractivity contribution in [2.24, 2.45) is 11.3 Å². The molecule has 0 aromatic rings. The van der Waals surface area contributed by atoms with E-state index in [9.17, 15) is 4.79 Å². The Morgan fingerprint density at radius 2 is 1.44 bits per heavy atom. The molecular weight excluding hydrogens is 222 g/mol. The SMILES string of the molecule is CC(=O)NC12CC(C3CCCCCCCC3)(C1)C2. The highest BCUT2D eigenvalue weighted by Crippen LogP contribution is 2.72. The van der Waals surface area contributed by atoms with Crippen molar-refractivity contribution < 1.29 is 4.79 Å². The standard InChI is InChI=1S/C16H27NO/c1-13(18)17-16-10-15(11-16,12-16)14-8-6-4-2-3-5-7-9-14/h14H,2-12H2,1H3,(H,17,18). The maximum absolute atomic E-state index is 11.2. The van der Waals surface area contributed by atoms with Crippen LogP contribution in [0, 0.1) is 11.3 Å². The molecule has 0 aliphatic heterocycles. The molecule has 0 aromatic heterocycles.